The van der Waals surface area contributed by atoms with E-state index in [1.807, 2.05) is 13.8 Å². The van der Waals surface area contributed by atoms with Crippen LogP contribution in [0, 0.1) is 5.82 Å². The highest BCUT2D eigenvalue weighted by Gasteiger charge is 2.22. The standard InChI is InChI=1S/C13H18BrFN2O2/c1-4-17(8(2)7-19-3)13(18)9-5-12(16)11(15)6-10(9)14/h5-6,8H,4,7,16H2,1-3H3. The molecule has 0 saturated carbocycles. The second kappa shape index (κ2) is 6.86. The van der Waals surface area contributed by atoms with E-state index < -0.39 is 5.82 Å². The molecule has 0 fully saturated rings. The zero-order chi connectivity index (χ0) is 14.6. The predicted molar refractivity (Wildman–Crippen MR) is 76.6 cm³/mol. The van der Waals surface area contributed by atoms with Gasteiger partial charge in [0.15, 0.2) is 0 Å². The molecule has 6 heteroatoms. The van der Waals surface area contributed by atoms with E-state index in [1.165, 1.54) is 12.1 Å². The molecule has 1 amide bonds. The van der Waals surface area contributed by atoms with Crippen LogP contribution in [-0.4, -0.2) is 37.1 Å². The van der Waals surface area contributed by atoms with Crippen LogP contribution in [-0.2, 0) is 4.74 Å². The van der Waals surface area contributed by atoms with E-state index in [2.05, 4.69) is 15.9 Å². The maximum atomic E-state index is 13.3. The van der Waals surface area contributed by atoms with Crippen molar-refractivity contribution in [3.63, 3.8) is 0 Å². The summed E-state index contributed by atoms with van der Waals surface area (Å²) < 4.78 is 18.7. The molecule has 1 aromatic rings. The van der Waals surface area contributed by atoms with Crippen molar-refractivity contribution in [1.82, 2.24) is 4.90 Å². The van der Waals surface area contributed by atoms with Crippen molar-refractivity contribution in [3.8, 4) is 0 Å². The van der Waals surface area contributed by atoms with Gasteiger partial charge in [0.05, 0.1) is 23.9 Å². The van der Waals surface area contributed by atoms with E-state index in [0.29, 0.717) is 23.2 Å². The number of carbonyl (C=O) groups excluding carboxylic acids is 1. The molecule has 0 aliphatic carbocycles. The average Bonchev–Trinajstić information content (AvgIpc) is 2.34. The normalized spacial score (nSPS) is 12.3. The molecule has 0 spiro atoms. The fourth-order valence-corrected chi connectivity index (χ4v) is 2.36. The summed E-state index contributed by atoms with van der Waals surface area (Å²) in [5, 5.41) is 0. The van der Waals surface area contributed by atoms with Gasteiger partial charge in [0.2, 0.25) is 0 Å². The maximum absolute atomic E-state index is 13.3. The molecule has 1 rings (SSSR count). The first-order valence-electron chi connectivity index (χ1n) is 5.96. The number of nitrogens with two attached hydrogens (primary N) is 1. The van der Waals surface area contributed by atoms with Gasteiger partial charge in [0, 0.05) is 18.1 Å². The number of benzene rings is 1. The lowest BCUT2D eigenvalue weighted by molar-refractivity contribution is 0.0578. The monoisotopic (exact) mass is 332 g/mol. The number of nitrogen functional groups attached to an aromatic ring is 1. The zero-order valence-corrected chi connectivity index (χ0v) is 12.8. The minimum absolute atomic E-state index is 0.0398. The Morgan fingerprint density at radius 3 is 2.74 bits per heavy atom. The van der Waals surface area contributed by atoms with E-state index in [1.54, 1.807) is 12.0 Å². The van der Waals surface area contributed by atoms with Crippen LogP contribution in [0.2, 0.25) is 0 Å². The second-order valence-electron chi connectivity index (χ2n) is 4.25. The first-order chi connectivity index (χ1) is 8.92. The van der Waals surface area contributed by atoms with Crippen LogP contribution < -0.4 is 5.73 Å². The Hall–Kier alpha value is -1.14. The Kier molecular flexibility index (Phi) is 5.75. The molecular formula is C13H18BrFN2O2. The van der Waals surface area contributed by atoms with Crippen molar-refractivity contribution in [1.29, 1.82) is 0 Å². The molecular weight excluding hydrogens is 315 g/mol. The third-order valence-electron chi connectivity index (χ3n) is 2.86. The van der Waals surface area contributed by atoms with Crippen LogP contribution in [0.15, 0.2) is 16.6 Å². The lowest BCUT2D eigenvalue weighted by Crippen LogP contribution is -2.41. The third-order valence-corrected chi connectivity index (χ3v) is 3.51. The summed E-state index contributed by atoms with van der Waals surface area (Å²) in [4.78, 5) is 14.1. The fourth-order valence-electron chi connectivity index (χ4n) is 1.87. The number of methoxy groups -OCH3 is 1. The molecule has 19 heavy (non-hydrogen) atoms. The van der Waals surface area contributed by atoms with Gasteiger partial charge in [-0.25, -0.2) is 4.39 Å². The number of halogens is 2. The number of amides is 1. The van der Waals surface area contributed by atoms with Gasteiger partial charge in [-0.1, -0.05) is 0 Å². The Morgan fingerprint density at radius 2 is 2.21 bits per heavy atom. The van der Waals surface area contributed by atoms with Gasteiger partial charge < -0.3 is 15.4 Å². The Morgan fingerprint density at radius 1 is 1.58 bits per heavy atom. The topological polar surface area (TPSA) is 55.6 Å². The van der Waals surface area contributed by atoms with Gasteiger partial charge >= 0.3 is 0 Å². The maximum Gasteiger partial charge on any atom is 0.255 e. The molecule has 1 unspecified atom stereocenters. The molecule has 0 heterocycles. The fraction of sp³-hybridized carbons (Fsp3) is 0.462. The molecule has 0 aromatic heterocycles. The molecule has 2 N–H and O–H groups in total. The van der Waals surface area contributed by atoms with Crippen molar-refractivity contribution in [2.24, 2.45) is 0 Å². The molecule has 0 radical (unpaired) electrons. The minimum atomic E-state index is -0.545. The molecule has 4 nitrogen and oxygen atoms in total. The molecule has 1 aromatic carbocycles. The summed E-state index contributed by atoms with van der Waals surface area (Å²) in [5.74, 6) is -0.748. The summed E-state index contributed by atoms with van der Waals surface area (Å²) in [6, 6.07) is 2.49. The van der Waals surface area contributed by atoms with Crippen LogP contribution in [0.1, 0.15) is 24.2 Å². The van der Waals surface area contributed by atoms with E-state index >= 15 is 0 Å². The van der Waals surface area contributed by atoms with Gasteiger partial charge in [0.25, 0.3) is 5.91 Å². The second-order valence-corrected chi connectivity index (χ2v) is 5.10. The zero-order valence-electron chi connectivity index (χ0n) is 11.2. The number of hydrogen-bond acceptors (Lipinski definition) is 3. The van der Waals surface area contributed by atoms with Crippen LogP contribution in [0.4, 0.5) is 10.1 Å². The van der Waals surface area contributed by atoms with Crippen LogP contribution >= 0.6 is 15.9 Å². The Labute approximate surface area is 120 Å². The van der Waals surface area contributed by atoms with Crippen LogP contribution in [0.3, 0.4) is 0 Å². The van der Waals surface area contributed by atoms with Gasteiger partial charge in [0.1, 0.15) is 5.82 Å². The summed E-state index contributed by atoms with van der Waals surface area (Å²) >= 11 is 3.19. The van der Waals surface area contributed by atoms with Gasteiger partial charge in [-0.05, 0) is 41.9 Å². The molecule has 106 valence electrons. The summed E-state index contributed by atoms with van der Waals surface area (Å²) in [6.07, 6.45) is 0. The van der Waals surface area contributed by atoms with E-state index in [0.717, 1.165) is 0 Å². The number of hydrogen-bond donors (Lipinski definition) is 1. The number of rotatable bonds is 5. The Bertz CT molecular complexity index is 468. The summed E-state index contributed by atoms with van der Waals surface area (Å²) in [6.45, 7) is 4.75. The smallest absolute Gasteiger partial charge is 0.255 e. The first-order valence-corrected chi connectivity index (χ1v) is 6.76. The first kappa shape index (κ1) is 15.9. The number of carbonyl (C=O) groups is 1. The third kappa shape index (κ3) is 3.67. The summed E-state index contributed by atoms with van der Waals surface area (Å²) in [5.41, 5.74) is 5.82. The molecule has 0 saturated heterocycles. The highest BCUT2D eigenvalue weighted by atomic mass is 79.9. The molecule has 0 bridgehead atoms. The highest BCUT2D eigenvalue weighted by Crippen LogP contribution is 2.24. The predicted octanol–water partition coefficient (Wildman–Crippen LogP) is 2.67. The lowest BCUT2D eigenvalue weighted by atomic mass is 10.1. The number of nitrogens with zero attached hydrogens (tertiary/aromatic N) is 1. The van der Waals surface area contributed by atoms with Gasteiger partial charge in [-0.15, -0.1) is 0 Å². The van der Waals surface area contributed by atoms with Crippen LogP contribution in [0.25, 0.3) is 0 Å². The van der Waals surface area contributed by atoms with E-state index in [9.17, 15) is 9.18 Å². The van der Waals surface area contributed by atoms with Gasteiger partial charge in [-0.3, -0.25) is 4.79 Å². The van der Waals surface area contributed by atoms with Gasteiger partial charge in [-0.2, -0.15) is 0 Å². The van der Waals surface area contributed by atoms with Crippen molar-refractivity contribution < 1.29 is 13.9 Å². The lowest BCUT2D eigenvalue weighted by Gasteiger charge is -2.28. The number of ether oxygens (including phenoxy) is 1. The quantitative estimate of drug-likeness (QED) is 0.843. The van der Waals surface area contributed by atoms with Crippen molar-refractivity contribution >= 4 is 27.5 Å². The van der Waals surface area contributed by atoms with Crippen molar-refractivity contribution in [2.45, 2.75) is 19.9 Å². The van der Waals surface area contributed by atoms with Crippen LogP contribution in [0.5, 0.6) is 0 Å². The SMILES string of the molecule is CCN(C(=O)c1cc(N)c(F)cc1Br)C(C)COC. The molecule has 0 aliphatic rings. The number of anilines is 1. The summed E-state index contributed by atoms with van der Waals surface area (Å²) in [7, 11) is 1.58. The van der Waals surface area contributed by atoms with Crippen molar-refractivity contribution in [3.05, 3.63) is 28.0 Å². The van der Waals surface area contributed by atoms with E-state index in [-0.39, 0.29) is 17.6 Å². The molecule has 0 aliphatic heterocycles. The van der Waals surface area contributed by atoms with E-state index in [4.69, 9.17) is 10.5 Å². The minimum Gasteiger partial charge on any atom is -0.396 e. The molecule has 1 atom stereocenters. The highest BCUT2D eigenvalue weighted by molar-refractivity contribution is 9.10. The number of likely N-dealkylation sites (N-methyl/N-ethyl adjacent to an activating group) is 1. The Balaban J connectivity index is 3.07. The van der Waals surface area contributed by atoms with Crippen molar-refractivity contribution in [2.75, 3.05) is 26.0 Å². The largest absolute Gasteiger partial charge is 0.396 e. The average molecular weight is 333 g/mol.